The van der Waals surface area contributed by atoms with Gasteiger partial charge in [0, 0.05) is 26.4 Å². The number of aryl methyl sites for hydroxylation is 1. The van der Waals surface area contributed by atoms with Crippen LogP contribution in [0.4, 0.5) is 0 Å². The normalized spacial score (nSPS) is 11.3. The van der Waals surface area contributed by atoms with E-state index in [0.717, 1.165) is 0 Å². The van der Waals surface area contributed by atoms with Gasteiger partial charge in [-0.3, -0.25) is 14.3 Å². The van der Waals surface area contributed by atoms with Gasteiger partial charge in [0.2, 0.25) is 5.91 Å². The van der Waals surface area contributed by atoms with Crippen molar-refractivity contribution in [2.24, 2.45) is 12.5 Å². The second-order valence-electron chi connectivity index (χ2n) is 4.90. The van der Waals surface area contributed by atoms with Crippen molar-refractivity contribution in [2.45, 2.75) is 39.5 Å². The van der Waals surface area contributed by atoms with E-state index in [-0.39, 0.29) is 12.3 Å². The van der Waals surface area contributed by atoms with Crippen molar-refractivity contribution in [1.82, 2.24) is 20.1 Å². The molecule has 0 unspecified atom stereocenters. The molecular formula is C13H22N4O3. The molecule has 0 fully saturated rings. The van der Waals surface area contributed by atoms with Gasteiger partial charge < -0.3 is 10.4 Å². The predicted octanol–water partition coefficient (Wildman–Crippen LogP) is 0.755. The molecule has 112 valence electrons. The monoisotopic (exact) mass is 282 g/mol. The number of carboxylic acids is 1. The Morgan fingerprint density at radius 3 is 2.50 bits per heavy atom. The molecule has 0 aliphatic carbocycles. The van der Waals surface area contributed by atoms with Gasteiger partial charge >= 0.3 is 5.97 Å². The Kier molecular flexibility index (Phi) is 5.66. The number of nitrogens with zero attached hydrogens (tertiary/aromatic N) is 3. The molecular weight excluding hydrogens is 260 g/mol. The molecule has 1 aromatic heterocycles. The summed E-state index contributed by atoms with van der Waals surface area (Å²) >= 11 is 0. The van der Waals surface area contributed by atoms with Gasteiger partial charge in [0.25, 0.3) is 0 Å². The van der Waals surface area contributed by atoms with Crippen molar-refractivity contribution in [2.75, 3.05) is 6.54 Å². The lowest BCUT2D eigenvalue weighted by atomic mass is 9.79. The van der Waals surface area contributed by atoms with E-state index in [0.29, 0.717) is 31.6 Å². The second kappa shape index (κ2) is 7.02. The summed E-state index contributed by atoms with van der Waals surface area (Å²) in [5.41, 5.74) is -0.965. The van der Waals surface area contributed by atoms with E-state index in [1.165, 1.54) is 0 Å². The van der Waals surface area contributed by atoms with Crippen LogP contribution < -0.4 is 5.32 Å². The van der Waals surface area contributed by atoms with Crippen molar-refractivity contribution in [3.8, 4) is 0 Å². The number of rotatable bonds is 8. The highest BCUT2D eigenvalue weighted by molar-refractivity contribution is 5.84. The Morgan fingerprint density at radius 2 is 2.05 bits per heavy atom. The summed E-state index contributed by atoms with van der Waals surface area (Å²) in [6.45, 7) is 4.00. The molecule has 0 atom stereocenters. The largest absolute Gasteiger partial charge is 0.481 e. The van der Waals surface area contributed by atoms with Crippen LogP contribution in [0.2, 0.25) is 0 Å². The average Bonchev–Trinajstić information content (AvgIpc) is 2.81. The maximum absolute atomic E-state index is 11.9. The topological polar surface area (TPSA) is 97.1 Å². The Bertz CT molecular complexity index is 466. The molecule has 20 heavy (non-hydrogen) atoms. The van der Waals surface area contributed by atoms with Crippen molar-refractivity contribution in [3.63, 3.8) is 0 Å². The molecule has 1 rings (SSSR count). The molecule has 0 saturated carbocycles. The number of nitrogens with one attached hydrogen (secondary N) is 1. The summed E-state index contributed by atoms with van der Waals surface area (Å²) in [6, 6.07) is 0. The van der Waals surface area contributed by atoms with Crippen LogP contribution in [0.1, 0.15) is 38.9 Å². The SMILES string of the molecule is CCC(CC)(CC(=O)NCCc1ncn(C)n1)C(=O)O. The molecule has 2 N–H and O–H groups in total. The predicted molar refractivity (Wildman–Crippen MR) is 73.0 cm³/mol. The fraction of sp³-hybridized carbons (Fsp3) is 0.692. The van der Waals surface area contributed by atoms with Gasteiger partial charge in [-0.05, 0) is 12.8 Å². The van der Waals surface area contributed by atoms with Crippen LogP contribution in [0.5, 0.6) is 0 Å². The lowest BCUT2D eigenvalue weighted by Crippen LogP contribution is -2.37. The highest BCUT2D eigenvalue weighted by Crippen LogP contribution is 2.30. The Morgan fingerprint density at radius 1 is 1.40 bits per heavy atom. The van der Waals surface area contributed by atoms with Crippen molar-refractivity contribution in [3.05, 3.63) is 12.2 Å². The van der Waals surface area contributed by atoms with Crippen LogP contribution in [0.3, 0.4) is 0 Å². The first-order chi connectivity index (χ1) is 9.43. The van der Waals surface area contributed by atoms with Gasteiger partial charge in [0.15, 0.2) is 5.82 Å². The Balaban J connectivity index is 2.44. The van der Waals surface area contributed by atoms with E-state index in [1.807, 2.05) is 0 Å². The fourth-order valence-corrected chi connectivity index (χ4v) is 2.06. The van der Waals surface area contributed by atoms with E-state index >= 15 is 0 Å². The smallest absolute Gasteiger partial charge is 0.310 e. The highest BCUT2D eigenvalue weighted by atomic mass is 16.4. The number of carboxylic acid groups (broad SMARTS) is 1. The first-order valence-electron chi connectivity index (χ1n) is 6.78. The lowest BCUT2D eigenvalue weighted by molar-refractivity contribution is -0.152. The molecule has 0 aliphatic rings. The standard InChI is InChI=1S/C13H22N4O3/c1-4-13(5-2,12(19)20)8-11(18)14-7-6-10-15-9-17(3)16-10/h9H,4-8H2,1-3H3,(H,14,18)(H,19,20). The number of aliphatic carboxylic acids is 1. The van der Waals surface area contributed by atoms with Crippen molar-refractivity contribution >= 4 is 11.9 Å². The summed E-state index contributed by atoms with van der Waals surface area (Å²) in [5, 5.41) is 16.1. The van der Waals surface area contributed by atoms with Gasteiger partial charge in [-0.15, -0.1) is 0 Å². The molecule has 0 aliphatic heterocycles. The fourth-order valence-electron chi connectivity index (χ4n) is 2.06. The van der Waals surface area contributed by atoms with E-state index in [2.05, 4.69) is 15.4 Å². The number of carbonyl (C=O) groups is 2. The third-order valence-corrected chi connectivity index (χ3v) is 3.62. The van der Waals surface area contributed by atoms with E-state index in [9.17, 15) is 14.7 Å². The number of aromatic nitrogens is 3. The average molecular weight is 282 g/mol. The van der Waals surface area contributed by atoms with E-state index in [4.69, 9.17) is 0 Å². The number of carbonyl (C=O) groups excluding carboxylic acids is 1. The summed E-state index contributed by atoms with van der Waals surface area (Å²) in [6.07, 6.45) is 3.01. The van der Waals surface area contributed by atoms with Crippen LogP contribution in [0.25, 0.3) is 0 Å². The minimum Gasteiger partial charge on any atom is -0.481 e. The molecule has 1 aromatic rings. The zero-order chi connectivity index (χ0) is 15.2. The van der Waals surface area contributed by atoms with Crippen LogP contribution in [-0.2, 0) is 23.1 Å². The zero-order valence-electron chi connectivity index (χ0n) is 12.2. The minimum absolute atomic E-state index is 0.00494. The minimum atomic E-state index is -0.965. The van der Waals surface area contributed by atoms with Gasteiger partial charge in [-0.2, -0.15) is 5.10 Å². The molecule has 7 heteroatoms. The van der Waals surface area contributed by atoms with Crippen molar-refractivity contribution < 1.29 is 14.7 Å². The molecule has 0 spiro atoms. The maximum atomic E-state index is 11.9. The third-order valence-electron chi connectivity index (χ3n) is 3.62. The van der Waals surface area contributed by atoms with Crippen molar-refractivity contribution in [1.29, 1.82) is 0 Å². The number of hydrogen-bond donors (Lipinski definition) is 2. The third kappa shape index (κ3) is 4.04. The van der Waals surface area contributed by atoms with Gasteiger partial charge in [-0.25, -0.2) is 4.98 Å². The summed E-state index contributed by atoms with van der Waals surface area (Å²) in [4.78, 5) is 27.2. The molecule has 0 radical (unpaired) electrons. The highest BCUT2D eigenvalue weighted by Gasteiger charge is 2.36. The number of hydrogen-bond acceptors (Lipinski definition) is 4. The Labute approximate surface area is 118 Å². The molecule has 0 aromatic carbocycles. The van der Waals surface area contributed by atoms with Crippen LogP contribution in [0, 0.1) is 5.41 Å². The summed E-state index contributed by atoms with van der Waals surface area (Å²) in [5.74, 6) is -0.501. The number of amides is 1. The second-order valence-corrected chi connectivity index (χ2v) is 4.90. The Hall–Kier alpha value is -1.92. The van der Waals surface area contributed by atoms with Gasteiger partial charge in [0.05, 0.1) is 5.41 Å². The molecule has 0 bridgehead atoms. The first-order valence-corrected chi connectivity index (χ1v) is 6.78. The van der Waals surface area contributed by atoms with Crippen LogP contribution >= 0.6 is 0 Å². The zero-order valence-corrected chi connectivity index (χ0v) is 12.2. The van der Waals surface area contributed by atoms with E-state index in [1.54, 1.807) is 31.9 Å². The summed E-state index contributed by atoms with van der Waals surface area (Å²) < 4.78 is 1.60. The van der Waals surface area contributed by atoms with E-state index < -0.39 is 11.4 Å². The molecule has 0 saturated heterocycles. The van der Waals surface area contributed by atoms with Gasteiger partial charge in [-0.1, -0.05) is 13.8 Å². The van der Waals surface area contributed by atoms with Crippen LogP contribution in [-0.4, -0.2) is 38.3 Å². The first kappa shape index (κ1) is 16.1. The summed E-state index contributed by atoms with van der Waals surface area (Å²) in [7, 11) is 1.78. The van der Waals surface area contributed by atoms with Gasteiger partial charge in [0.1, 0.15) is 6.33 Å². The molecule has 7 nitrogen and oxygen atoms in total. The quantitative estimate of drug-likeness (QED) is 0.733. The van der Waals surface area contributed by atoms with Crippen LogP contribution in [0.15, 0.2) is 6.33 Å². The lowest BCUT2D eigenvalue weighted by Gasteiger charge is -2.25. The molecule has 1 amide bonds. The maximum Gasteiger partial charge on any atom is 0.310 e. The molecule has 1 heterocycles.